The number of hydrogen-bond acceptors (Lipinski definition) is 3. The number of hydrogen-bond donors (Lipinski definition) is 1. The SMILES string of the molecule is NC(=O)c1cccc(C2=C(c3ccncc3)N=C(c3ccccc3)C2)c1. The average molecular weight is 339 g/mol. The van der Waals surface area contributed by atoms with Crippen LogP contribution in [-0.4, -0.2) is 16.6 Å². The third kappa shape index (κ3) is 3.05. The fraction of sp³-hybridized carbons (Fsp3) is 0.0455. The molecule has 3 aromatic rings. The molecule has 2 heterocycles. The Hall–Kier alpha value is -3.53. The lowest BCUT2D eigenvalue weighted by Gasteiger charge is -2.08. The largest absolute Gasteiger partial charge is 0.366 e. The fourth-order valence-corrected chi connectivity index (χ4v) is 3.14. The zero-order valence-corrected chi connectivity index (χ0v) is 14.1. The summed E-state index contributed by atoms with van der Waals surface area (Å²) in [6, 6.07) is 21.4. The summed E-state index contributed by atoms with van der Waals surface area (Å²) in [5.74, 6) is -0.430. The highest BCUT2D eigenvalue weighted by Gasteiger charge is 2.22. The van der Waals surface area contributed by atoms with E-state index in [4.69, 9.17) is 10.7 Å². The molecule has 1 aliphatic rings. The number of nitrogens with two attached hydrogens (primary N) is 1. The van der Waals surface area contributed by atoms with Crippen molar-refractivity contribution in [2.24, 2.45) is 10.7 Å². The third-order valence-corrected chi connectivity index (χ3v) is 4.43. The van der Waals surface area contributed by atoms with Crippen molar-refractivity contribution in [1.29, 1.82) is 0 Å². The van der Waals surface area contributed by atoms with Crippen LogP contribution in [0.5, 0.6) is 0 Å². The van der Waals surface area contributed by atoms with Gasteiger partial charge in [-0.15, -0.1) is 0 Å². The molecular formula is C22H17N3O. The van der Waals surface area contributed by atoms with Crippen LogP contribution >= 0.6 is 0 Å². The molecule has 2 aromatic carbocycles. The zero-order valence-electron chi connectivity index (χ0n) is 14.1. The number of carbonyl (C=O) groups excluding carboxylic acids is 1. The van der Waals surface area contributed by atoms with Crippen LogP contribution in [0.2, 0.25) is 0 Å². The van der Waals surface area contributed by atoms with E-state index in [9.17, 15) is 4.79 Å². The number of nitrogens with zero attached hydrogens (tertiary/aromatic N) is 2. The van der Waals surface area contributed by atoms with E-state index in [2.05, 4.69) is 17.1 Å². The number of allylic oxidation sites excluding steroid dienone is 1. The van der Waals surface area contributed by atoms with Gasteiger partial charge in [0.1, 0.15) is 0 Å². The van der Waals surface area contributed by atoms with Crippen molar-refractivity contribution >= 4 is 22.9 Å². The highest BCUT2D eigenvalue weighted by molar-refractivity contribution is 6.17. The topological polar surface area (TPSA) is 68.3 Å². The number of pyridine rings is 1. The Balaban J connectivity index is 1.83. The van der Waals surface area contributed by atoms with Gasteiger partial charge in [0.2, 0.25) is 5.91 Å². The monoisotopic (exact) mass is 339 g/mol. The van der Waals surface area contributed by atoms with Gasteiger partial charge < -0.3 is 5.73 Å². The molecule has 126 valence electrons. The summed E-state index contributed by atoms with van der Waals surface area (Å²) in [4.78, 5) is 20.6. The van der Waals surface area contributed by atoms with Gasteiger partial charge in [-0.25, -0.2) is 0 Å². The first kappa shape index (κ1) is 16.0. The first-order chi connectivity index (χ1) is 12.7. The Morgan fingerprint density at radius 1 is 0.846 bits per heavy atom. The standard InChI is InChI=1S/C22H17N3O/c23-22(26)18-8-4-7-17(13-18)19-14-20(15-5-2-1-3-6-15)25-21(19)16-9-11-24-12-10-16/h1-13H,14H2,(H2,23,26). The van der Waals surface area contributed by atoms with Crippen molar-refractivity contribution in [3.63, 3.8) is 0 Å². The van der Waals surface area contributed by atoms with Crippen molar-refractivity contribution < 1.29 is 4.79 Å². The molecule has 0 fully saturated rings. The van der Waals surface area contributed by atoms with Crippen molar-refractivity contribution in [2.75, 3.05) is 0 Å². The molecule has 1 aliphatic heterocycles. The zero-order chi connectivity index (χ0) is 17.9. The number of aliphatic imine (C=N–C) groups is 1. The molecule has 4 nitrogen and oxygen atoms in total. The summed E-state index contributed by atoms with van der Waals surface area (Å²) >= 11 is 0. The highest BCUT2D eigenvalue weighted by atomic mass is 16.1. The summed E-state index contributed by atoms with van der Waals surface area (Å²) in [5, 5.41) is 0. The molecule has 4 rings (SSSR count). The molecule has 4 heteroatoms. The minimum Gasteiger partial charge on any atom is -0.366 e. The van der Waals surface area contributed by atoms with Crippen LogP contribution in [0.1, 0.15) is 33.5 Å². The number of primary amides is 1. The Kier molecular flexibility index (Phi) is 4.15. The van der Waals surface area contributed by atoms with Gasteiger partial charge in [-0.3, -0.25) is 14.8 Å². The lowest BCUT2D eigenvalue weighted by molar-refractivity contribution is 0.100. The van der Waals surface area contributed by atoms with E-state index in [0.717, 1.165) is 33.7 Å². The van der Waals surface area contributed by atoms with Gasteiger partial charge in [-0.2, -0.15) is 0 Å². The van der Waals surface area contributed by atoms with Crippen LogP contribution in [0.25, 0.3) is 11.3 Å². The number of rotatable bonds is 4. The quantitative estimate of drug-likeness (QED) is 0.782. The van der Waals surface area contributed by atoms with Gasteiger partial charge in [0.25, 0.3) is 0 Å². The molecule has 1 amide bonds. The Labute approximate surface area is 151 Å². The maximum atomic E-state index is 11.6. The van der Waals surface area contributed by atoms with Crippen molar-refractivity contribution in [2.45, 2.75) is 6.42 Å². The van der Waals surface area contributed by atoms with Gasteiger partial charge in [-0.05, 0) is 41.0 Å². The smallest absolute Gasteiger partial charge is 0.248 e. The van der Waals surface area contributed by atoms with E-state index in [1.807, 2.05) is 48.5 Å². The van der Waals surface area contributed by atoms with E-state index in [-0.39, 0.29) is 0 Å². The Bertz CT molecular complexity index is 1020. The van der Waals surface area contributed by atoms with Gasteiger partial charge >= 0.3 is 0 Å². The van der Waals surface area contributed by atoms with Gasteiger partial charge in [0, 0.05) is 29.9 Å². The lowest BCUT2D eigenvalue weighted by atomic mass is 9.95. The minimum atomic E-state index is -0.430. The predicted molar refractivity (Wildman–Crippen MR) is 104 cm³/mol. The van der Waals surface area contributed by atoms with E-state index in [1.54, 1.807) is 18.5 Å². The maximum absolute atomic E-state index is 11.6. The molecule has 2 N–H and O–H groups in total. The second kappa shape index (κ2) is 6.76. The lowest BCUT2D eigenvalue weighted by Crippen LogP contribution is -2.11. The predicted octanol–water partition coefficient (Wildman–Crippen LogP) is 3.94. The Morgan fingerprint density at radius 3 is 2.31 bits per heavy atom. The highest BCUT2D eigenvalue weighted by Crippen LogP contribution is 2.37. The number of benzene rings is 2. The minimum absolute atomic E-state index is 0.430. The van der Waals surface area contributed by atoms with Gasteiger partial charge in [0.15, 0.2) is 0 Å². The normalized spacial score (nSPS) is 13.6. The van der Waals surface area contributed by atoms with Crippen LogP contribution in [0.3, 0.4) is 0 Å². The van der Waals surface area contributed by atoms with Crippen LogP contribution in [0.4, 0.5) is 0 Å². The molecule has 0 saturated heterocycles. The third-order valence-electron chi connectivity index (χ3n) is 4.43. The van der Waals surface area contributed by atoms with E-state index >= 15 is 0 Å². The summed E-state index contributed by atoms with van der Waals surface area (Å²) in [7, 11) is 0. The first-order valence-electron chi connectivity index (χ1n) is 8.39. The molecule has 0 atom stereocenters. The molecule has 0 radical (unpaired) electrons. The molecule has 0 spiro atoms. The second-order valence-corrected chi connectivity index (χ2v) is 6.11. The molecule has 26 heavy (non-hydrogen) atoms. The van der Waals surface area contributed by atoms with Gasteiger partial charge in [0.05, 0.1) is 11.4 Å². The number of aromatic nitrogens is 1. The van der Waals surface area contributed by atoms with Crippen LogP contribution < -0.4 is 5.73 Å². The molecule has 0 unspecified atom stereocenters. The van der Waals surface area contributed by atoms with Crippen molar-refractivity contribution in [3.8, 4) is 0 Å². The molecular weight excluding hydrogens is 322 g/mol. The van der Waals surface area contributed by atoms with Crippen molar-refractivity contribution in [1.82, 2.24) is 4.98 Å². The fourth-order valence-electron chi connectivity index (χ4n) is 3.14. The molecule has 0 aliphatic carbocycles. The average Bonchev–Trinajstić information content (AvgIpc) is 3.15. The summed E-state index contributed by atoms with van der Waals surface area (Å²) < 4.78 is 0. The molecule has 1 aromatic heterocycles. The first-order valence-corrected chi connectivity index (χ1v) is 8.39. The maximum Gasteiger partial charge on any atom is 0.248 e. The summed E-state index contributed by atoms with van der Waals surface area (Å²) in [6.45, 7) is 0. The summed E-state index contributed by atoms with van der Waals surface area (Å²) in [6.07, 6.45) is 4.22. The number of carbonyl (C=O) groups is 1. The van der Waals surface area contributed by atoms with Crippen LogP contribution in [0.15, 0.2) is 84.1 Å². The Morgan fingerprint density at radius 2 is 1.58 bits per heavy atom. The summed E-state index contributed by atoms with van der Waals surface area (Å²) in [5.41, 5.74) is 12.0. The molecule has 0 saturated carbocycles. The van der Waals surface area contributed by atoms with E-state index < -0.39 is 5.91 Å². The second-order valence-electron chi connectivity index (χ2n) is 6.11. The van der Waals surface area contributed by atoms with E-state index in [1.165, 1.54) is 0 Å². The molecule has 0 bridgehead atoms. The van der Waals surface area contributed by atoms with Crippen molar-refractivity contribution in [3.05, 3.63) is 101 Å². The van der Waals surface area contributed by atoms with Crippen LogP contribution in [0, 0.1) is 0 Å². The number of amides is 1. The van der Waals surface area contributed by atoms with E-state index in [0.29, 0.717) is 12.0 Å². The van der Waals surface area contributed by atoms with Gasteiger partial charge in [-0.1, -0.05) is 42.5 Å². The van der Waals surface area contributed by atoms with Crippen LogP contribution in [-0.2, 0) is 0 Å².